The third kappa shape index (κ3) is 4.07. The number of aromatic nitrogens is 2. The highest BCUT2D eigenvalue weighted by Gasteiger charge is 2.18. The molecule has 0 saturated carbocycles. The van der Waals surface area contributed by atoms with E-state index in [0.717, 1.165) is 50.3 Å². The molecule has 1 aliphatic rings. The molecule has 1 aromatic rings. The van der Waals surface area contributed by atoms with Crippen molar-refractivity contribution in [3.63, 3.8) is 0 Å². The average molecular weight is 277 g/mol. The fourth-order valence-electron chi connectivity index (χ4n) is 2.68. The number of hydrogen-bond donors (Lipinski definition) is 1. The summed E-state index contributed by atoms with van der Waals surface area (Å²) in [4.78, 5) is 13.4. The van der Waals surface area contributed by atoms with E-state index in [2.05, 4.69) is 27.1 Å². The first-order valence-corrected chi connectivity index (χ1v) is 7.66. The molecule has 0 aliphatic carbocycles. The molecule has 20 heavy (non-hydrogen) atoms. The Kier molecular flexibility index (Phi) is 5.59. The Hall–Kier alpha value is -1.36. The number of piperidine rings is 1. The van der Waals surface area contributed by atoms with Gasteiger partial charge in [0.25, 0.3) is 0 Å². The standard InChI is InChI=1S/C15H27N5/c1-4-11-20(12-13-5-8-16-9-6-13)14-7-10-17-15(18-14)19(2)3/h7,10,13,16H,4-6,8-9,11-12H2,1-3H3. The molecule has 1 aliphatic heterocycles. The second-order valence-corrected chi connectivity index (χ2v) is 5.75. The molecule has 2 rings (SSSR count). The van der Waals surface area contributed by atoms with Crippen molar-refractivity contribution in [2.75, 3.05) is 50.1 Å². The van der Waals surface area contributed by atoms with E-state index in [-0.39, 0.29) is 0 Å². The first-order chi connectivity index (χ1) is 9.70. The topological polar surface area (TPSA) is 44.3 Å². The summed E-state index contributed by atoms with van der Waals surface area (Å²) in [6.45, 7) is 6.70. The number of anilines is 2. The second-order valence-electron chi connectivity index (χ2n) is 5.75. The normalized spacial score (nSPS) is 16.1. The summed E-state index contributed by atoms with van der Waals surface area (Å²) in [6.07, 6.45) is 5.55. The van der Waals surface area contributed by atoms with Crippen molar-refractivity contribution in [3.8, 4) is 0 Å². The van der Waals surface area contributed by atoms with Gasteiger partial charge in [-0.3, -0.25) is 0 Å². The molecule has 0 bridgehead atoms. The molecule has 0 spiro atoms. The van der Waals surface area contributed by atoms with Crippen LogP contribution in [-0.4, -0.2) is 50.2 Å². The van der Waals surface area contributed by atoms with Crippen LogP contribution in [0.4, 0.5) is 11.8 Å². The minimum absolute atomic E-state index is 0.778. The molecule has 1 fully saturated rings. The number of rotatable bonds is 6. The molecule has 5 heteroatoms. The van der Waals surface area contributed by atoms with Gasteiger partial charge in [-0.25, -0.2) is 4.98 Å². The van der Waals surface area contributed by atoms with Crippen LogP contribution in [-0.2, 0) is 0 Å². The minimum atomic E-state index is 0.778. The van der Waals surface area contributed by atoms with Crippen LogP contribution in [0.25, 0.3) is 0 Å². The summed E-state index contributed by atoms with van der Waals surface area (Å²) in [5.74, 6) is 2.62. The fourth-order valence-corrected chi connectivity index (χ4v) is 2.68. The van der Waals surface area contributed by atoms with Gasteiger partial charge in [-0.15, -0.1) is 0 Å². The Labute approximate surface area is 122 Å². The number of nitrogens with zero attached hydrogens (tertiary/aromatic N) is 4. The molecule has 0 amide bonds. The Morgan fingerprint density at radius 3 is 2.70 bits per heavy atom. The van der Waals surface area contributed by atoms with E-state index in [4.69, 9.17) is 0 Å². The predicted molar refractivity (Wildman–Crippen MR) is 84.5 cm³/mol. The first kappa shape index (κ1) is 15.0. The lowest BCUT2D eigenvalue weighted by molar-refractivity contribution is 0.372. The van der Waals surface area contributed by atoms with E-state index in [0.29, 0.717) is 0 Å². The highest BCUT2D eigenvalue weighted by Crippen LogP contribution is 2.19. The van der Waals surface area contributed by atoms with Crippen LogP contribution in [0.2, 0.25) is 0 Å². The van der Waals surface area contributed by atoms with Gasteiger partial charge in [0.1, 0.15) is 5.82 Å². The van der Waals surface area contributed by atoms with E-state index in [1.807, 2.05) is 31.3 Å². The highest BCUT2D eigenvalue weighted by molar-refractivity contribution is 5.43. The Morgan fingerprint density at radius 2 is 2.05 bits per heavy atom. The molecule has 0 atom stereocenters. The highest BCUT2D eigenvalue weighted by atomic mass is 15.3. The number of nitrogens with one attached hydrogen (secondary N) is 1. The van der Waals surface area contributed by atoms with Crippen molar-refractivity contribution in [3.05, 3.63) is 12.3 Å². The first-order valence-electron chi connectivity index (χ1n) is 7.66. The van der Waals surface area contributed by atoms with Gasteiger partial charge in [0.2, 0.25) is 5.95 Å². The summed E-state index contributed by atoms with van der Waals surface area (Å²) in [7, 11) is 3.96. The van der Waals surface area contributed by atoms with E-state index in [1.165, 1.54) is 12.8 Å². The summed E-state index contributed by atoms with van der Waals surface area (Å²) in [5, 5.41) is 3.43. The van der Waals surface area contributed by atoms with Crippen molar-refractivity contribution < 1.29 is 0 Å². The van der Waals surface area contributed by atoms with Crippen LogP contribution in [0.5, 0.6) is 0 Å². The molecule has 0 unspecified atom stereocenters. The van der Waals surface area contributed by atoms with Crippen LogP contribution < -0.4 is 15.1 Å². The molecule has 1 aromatic heterocycles. The predicted octanol–water partition coefficient (Wildman–Crippen LogP) is 1.76. The maximum absolute atomic E-state index is 4.68. The quantitative estimate of drug-likeness (QED) is 0.858. The van der Waals surface area contributed by atoms with Gasteiger partial charge in [-0.2, -0.15) is 4.98 Å². The van der Waals surface area contributed by atoms with Crippen molar-refractivity contribution in [2.45, 2.75) is 26.2 Å². The maximum atomic E-state index is 4.68. The lowest BCUT2D eigenvalue weighted by Gasteiger charge is -2.31. The van der Waals surface area contributed by atoms with Crippen molar-refractivity contribution in [2.24, 2.45) is 5.92 Å². The van der Waals surface area contributed by atoms with Crippen LogP contribution in [0, 0.1) is 5.92 Å². The molecular weight excluding hydrogens is 250 g/mol. The Morgan fingerprint density at radius 1 is 1.30 bits per heavy atom. The van der Waals surface area contributed by atoms with Crippen molar-refractivity contribution >= 4 is 11.8 Å². The molecule has 0 radical (unpaired) electrons. The van der Waals surface area contributed by atoms with Gasteiger partial charge >= 0.3 is 0 Å². The van der Waals surface area contributed by atoms with Gasteiger partial charge < -0.3 is 15.1 Å². The smallest absolute Gasteiger partial charge is 0.226 e. The molecule has 112 valence electrons. The third-order valence-electron chi connectivity index (χ3n) is 3.78. The summed E-state index contributed by atoms with van der Waals surface area (Å²) in [6, 6.07) is 2.03. The third-order valence-corrected chi connectivity index (χ3v) is 3.78. The maximum Gasteiger partial charge on any atom is 0.226 e. The monoisotopic (exact) mass is 277 g/mol. The van der Waals surface area contributed by atoms with Crippen LogP contribution >= 0.6 is 0 Å². The largest absolute Gasteiger partial charge is 0.356 e. The molecule has 1 saturated heterocycles. The molecule has 1 N–H and O–H groups in total. The van der Waals surface area contributed by atoms with Crippen molar-refractivity contribution in [1.82, 2.24) is 15.3 Å². The Balaban J connectivity index is 2.08. The van der Waals surface area contributed by atoms with E-state index in [9.17, 15) is 0 Å². The zero-order chi connectivity index (χ0) is 14.4. The van der Waals surface area contributed by atoms with Gasteiger partial charge in [0.15, 0.2) is 0 Å². The molecule has 5 nitrogen and oxygen atoms in total. The zero-order valence-corrected chi connectivity index (χ0v) is 13.0. The Bertz CT molecular complexity index is 401. The van der Waals surface area contributed by atoms with Crippen LogP contribution in [0.3, 0.4) is 0 Å². The van der Waals surface area contributed by atoms with Gasteiger partial charge in [-0.1, -0.05) is 6.92 Å². The SMILES string of the molecule is CCCN(CC1CCNCC1)c1ccnc(N(C)C)n1. The molecule has 2 heterocycles. The average Bonchev–Trinajstić information content (AvgIpc) is 2.48. The lowest BCUT2D eigenvalue weighted by atomic mass is 9.97. The van der Waals surface area contributed by atoms with E-state index >= 15 is 0 Å². The van der Waals surface area contributed by atoms with Crippen LogP contribution in [0.15, 0.2) is 12.3 Å². The minimum Gasteiger partial charge on any atom is -0.356 e. The summed E-state index contributed by atoms with van der Waals surface area (Å²) >= 11 is 0. The van der Waals surface area contributed by atoms with Crippen LogP contribution in [0.1, 0.15) is 26.2 Å². The number of hydrogen-bond acceptors (Lipinski definition) is 5. The summed E-state index contributed by atoms with van der Waals surface area (Å²) < 4.78 is 0. The van der Waals surface area contributed by atoms with E-state index < -0.39 is 0 Å². The molecule has 0 aromatic carbocycles. The zero-order valence-electron chi connectivity index (χ0n) is 13.0. The van der Waals surface area contributed by atoms with Gasteiger partial charge in [-0.05, 0) is 44.3 Å². The lowest BCUT2D eigenvalue weighted by Crippen LogP contribution is -2.37. The fraction of sp³-hybridized carbons (Fsp3) is 0.733. The van der Waals surface area contributed by atoms with E-state index in [1.54, 1.807) is 0 Å². The van der Waals surface area contributed by atoms with Gasteiger partial charge in [0.05, 0.1) is 0 Å². The molecular formula is C15H27N5. The van der Waals surface area contributed by atoms with Crippen molar-refractivity contribution in [1.29, 1.82) is 0 Å². The van der Waals surface area contributed by atoms with Gasteiger partial charge in [0, 0.05) is 33.4 Å². The second kappa shape index (κ2) is 7.43. The summed E-state index contributed by atoms with van der Waals surface area (Å²) in [5.41, 5.74) is 0.